The molecule has 1 N–H and O–H groups in total. The Kier molecular flexibility index (Phi) is 4.81. The lowest BCUT2D eigenvalue weighted by Gasteiger charge is -2.12. The highest BCUT2D eigenvalue weighted by Gasteiger charge is 2.17. The molecule has 0 fully saturated rings. The Balaban J connectivity index is 2.26. The molecule has 22 heavy (non-hydrogen) atoms. The molecule has 0 radical (unpaired) electrons. The van der Waals surface area contributed by atoms with E-state index < -0.39 is 21.7 Å². The molecule has 0 saturated carbocycles. The third kappa shape index (κ3) is 3.62. The Morgan fingerprint density at radius 1 is 1.09 bits per heavy atom. The number of anilines is 1. The predicted molar refractivity (Wildman–Crippen MR) is 82.3 cm³/mol. The van der Waals surface area contributed by atoms with Gasteiger partial charge in [-0.25, -0.2) is 17.2 Å². The molecule has 0 amide bonds. The minimum Gasteiger partial charge on any atom is -0.277 e. The van der Waals surface area contributed by atoms with Gasteiger partial charge in [0.1, 0.15) is 11.6 Å². The van der Waals surface area contributed by atoms with Crippen molar-refractivity contribution in [2.75, 3.05) is 4.72 Å². The Morgan fingerprint density at radius 2 is 1.73 bits per heavy atom. The molecule has 0 aliphatic rings. The zero-order chi connectivity index (χ0) is 16.3. The number of halogens is 2. The lowest BCUT2D eigenvalue weighted by atomic mass is 9.99. The lowest BCUT2D eigenvalue weighted by Crippen LogP contribution is -2.14. The first-order valence-electron chi connectivity index (χ1n) is 6.91. The molecule has 0 aromatic heterocycles. The smallest absolute Gasteiger partial charge is 0.261 e. The second-order valence-electron chi connectivity index (χ2n) is 5.11. The van der Waals surface area contributed by atoms with Crippen molar-refractivity contribution in [2.24, 2.45) is 0 Å². The Morgan fingerprint density at radius 3 is 2.27 bits per heavy atom. The van der Waals surface area contributed by atoms with Crippen molar-refractivity contribution in [3.63, 3.8) is 0 Å². The predicted octanol–water partition coefficient (Wildman–Crippen LogP) is 4.28. The minimum atomic E-state index is -3.91. The summed E-state index contributed by atoms with van der Waals surface area (Å²) in [6.07, 6.45) is 0.950. The molecule has 0 spiro atoms. The van der Waals surface area contributed by atoms with Crippen molar-refractivity contribution in [1.82, 2.24) is 0 Å². The van der Waals surface area contributed by atoms with Crippen molar-refractivity contribution in [2.45, 2.75) is 31.1 Å². The molecule has 1 atom stereocenters. The number of rotatable bonds is 5. The summed E-state index contributed by atoms with van der Waals surface area (Å²) in [5, 5.41) is 0. The molecule has 0 saturated heterocycles. The molecular formula is C16H17F2NO2S. The zero-order valence-electron chi connectivity index (χ0n) is 12.3. The number of sulfonamides is 1. The van der Waals surface area contributed by atoms with E-state index in [1.54, 1.807) is 12.1 Å². The topological polar surface area (TPSA) is 46.2 Å². The van der Waals surface area contributed by atoms with Crippen LogP contribution in [0.3, 0.4) is 0 Å². The molecule has 6 heteroatoms. The minimum absolute atomic E-state index is 0.0308. The van der Waals surface area contributed by atoms with Gasteiger partial charge in [0.05, 0.1) is 10.6 Å². The van der Waals surface area contributed by atoms with Crippen LogP contribution < -0.4 is 4.72 Å². The largest absolute Gasteiger partial charge is 0.277 e. The fraction of sp³-hybridized carbons (Fsp3) is 0.250. The van der Waals surface area contributed by atoms with E-state index in [-0.39, 0.29) is 10.6 Å². The molecule has 1 unspecified atom stereocenters. The molecule has 2 aromatic rings. The Labute approximate surface area is 129 Å². The van der Waals surface area contributed by atoms with Crippen LogP contribution in [0.2, 0.25) is 0 Å². The highest BCUT2D eigenvalue weighted by Crippen LogP contribution is 2.23. The van der Waals surface area contributed by atoms with E-state index >= 15 is 0 Å². The SMILES string of the molecule is CCC(C)c1ccc(S(=O)(=O)Nc2ccc(F)cc2F)cc1. The van der Waals surface area contributed by atoms with E-state index in [0.29, 0.717) is 12.0 Å². The van der Waals surface area contributed by atoms with E-state index in [4.69, 9.17) is 0 Å². The van der Waals surface area contributed by atoms with E-state index in [9.17, 15) is 17.2 Å². The van der Waals surface area contributed by atoms with Gasteiger partial charge >= 0.3 is 0 Å². The van der Waals surface area contributed by atoms with Crippen LogP contribution in [-0.4, -0.2) is 8.42 Å². The fourth-order valence-corrected chi connectivity index (χ4v) is 3.05. The summed E-state index contributed by atoms with van der Waals surface area (Å²) < 4.78 is 52.9. The van der Waals surface area contributed by atoms with Crippen molar-refractivity contribution in [1.29, 1.82) is 0 Å². The Hall–Kier alpha value is -1.95. The summed E-state index contributed by atoms with van der Waals surface area (Å²) in [6.45, 7) is 4.10. The van der Waals surface area contributed by atoms with Gasteiger partial charge in [0.25, 0.3) is 10.0 Å². The quantitative estimate of drug-likeness (QED) is 0.892. The second kappa shape index (κ2) is 6.44. The van der Waals surface area contributed by atoms with Gasteiger partial charge in [-0.05, 0) is 42.2 Å². The van der Waals surface area contributed by atoms with Crippen LogP contribution in [0.15, 0.2) is 47.4 Å². The average molecular weight is 325 g/mol. The highest BCUT2D eigenvalue weighted by atomic mass is 32.2. The van der Waals surface area contributed by atoms with Crippen LogP contribution in [0.5, 0.6) is 0 Å². The highest BCUT2D eigenvalue weighted by molar-refractivity contribution is 7.92. The first-order chi connectivity index (χ1) is 10.3. The number of nitrogens with one attached hydrogen (secondary N) is 1. The molecule has 3 nitrogen and oxygen atoms in total. The number of benzene rings is 2. The maximum absolute atomic E-state index is 13.5. The summed E-state index contributed by atoms with van der Waals surface area (Å²) in [7, 11) is -3.91. The van der Waals surface area contributed by atoms with Crippen LogP contribution in [0.1, 0.15) is 31.7 Å². The molecule has 0 aliphatic carbocycles. The lowest BCUT2D eigenvalue weighted by molar-refractivity contribution is 0.582. The van der Waals surface area contributed by atoms with Gasteiger partial charge < -0.3 is 0 Å². The molecular weight excluding hydrogens is 308 g/mol. The van der Waals surface area contributed by atoms with Gasteiger partial charge in [-0.2, -0.15) is 0 Å². The second-order valence-corrected chi connectivity index (χ2v) is 6.79. The molecule has 0 bridgehead atoms. The third-order valence-electron chi connectivity index (χ3n) is 3.55. The monoisotopic (exact) mass is 325 g/mol. The van der Waals surface area contributed by atoms with Crippen molar-refractivity contribution in [3.05, 3.63) is 59.7 Å². The van der Waals surface area contributed by atoms with Crippen molar-refractivity contribution < 1.29 is 17.2 Å². The maximum Gasteiger partial charge on any atom is 0.261 e. The average Bonchev–Trinajstić information content (AvgIpc) is 2.49. The van der Waals surface area contributed by atoms with Crippen LogP contribution in [0.25, 0.3) is 0 Å². The van der Waals surface area contributed by atoms with Gasteiger partial charge in [-0.3, -0.25) is 4.72 Å². The van der Waals surface area contributed by atoms with Crippen LogP contribution in [0, 0.1) is 11.6 Å². The summed E-state index contributed by atoms with van der Waals surface area (Å²) in [5.74, 6) is -1.39. The van der Waals surface area contributed by atoms with Crippen molar-refractivity contribution in [3.8, 4) is 0 Å². The molecule has 2 aromatic carbocycles. The third-order valence-corrected chi connectivity index (χ3v) is 4.93. The van der Waals surface area contributed by atoms with Gasteiger partial charge in [-0.1, -0.05) is 26.0 Å². The van der Waals surface area contributed by atoms with Crippen molar-refractivity contribution >= 4 is 15.7 Å². The fourth-order valence-electron chi connectivity index (χ4n) is 1.99. The zero-order valence-corrected chi connectivity index (χ0v) is 13.1. The number of hydrogen-bond acceptors (Lipinski definition) is 2. The maximum atomic E-state index is 13.5. The standard InChI is InChI=1S/C16H17F2NO2S/c1-3-11(2)12-4-7-14(8-5-12)22(20,21)19-16-9-6-13(17)10-15(16)18/h4-11,19H,3H2,1-2H3. The van der Waals surface area contributed by atoms with Gasteiger partial charge in [-0.15, -0.1) is 0 Å². The first-order valence-corrected chi connectivity index (χ1v) is 8.39. The molecule has 2 rings (SSSR count). The van der Waals surface area contributed by atoms with Crippen LogP contribution in [0.4, 0.5) is 14.5 Å². The van der Waals surface area contributed by atoms with Crippen LogP contribution in [-0.2, 0) is 10.0 Å². The first kappa shape index (κ1) is 16.4. The van der Waals surface area contributed by atoms with Crippen LogP contribution >= 0.6 is 0 Å². The molecule has 0 aliphatic heterocycles. The van der Waals surface area contributed by atoms with E-state index in [0.717, 1.165) is 24.1 Å². The number of hydrogen-bond donors (Lipinski definition) is 1. The normalized spacial score (nSPS) is 12.9. The summed E-state index contributed by atoms with van der Waals surface area (Å²) in [6, 6.07) is 9.11. The summed E-state index contributed by atoms with van der Waals surface area (Å²) in [4.78, 5) is 0.0308. The van der Waals surface area contributed by atoms with E-state index in [2.05, 4.69) is 11.6 Å². The van der Waals surface area contributed by atoms with Gasteiger partial charge in [0, 0.05) is 6.07 Å². The van der Waals surface area contributed by atoms with E-state index in [1.165, 1.54) is 12.1 Å². The summed E-state index contributed by atoms with van der Waals surface area (Å²) in [5.41, 5.74) is 0.752. The van der Waals surface area contributed by atoms with E-state index in [1.807, 2.05) is 6.92 Å². The molecule has 0 heterocycles. The molecule has 118 valence electrons. The Bertz CT molecular complexity index is 758. The van der Waals surface area contributed by atoms with Gasteiger partial charge in [0.15, 0.2) is 0 Å². The van der Waals surface area contributed by atoms with Gasteiger partial charge in [0.2, 0.25) is 0 Å². The summed E-state index contributed by atoms with van der Waals surface area (Å²) >= 11 is 0.